The van der Waals surface area contributed by atoms with Gasteiger partial charge in [0.15, 0.2) is 0 Å². The van der Waals surface area contributed by atoms with Gasteiger partial charge in [0.25, 0.3) is 0 Å². The Morgan fingerprint density at radius 2 is 2.28 bits per heavy atom. The molecular weight excluding hydrogens is 254 g/mol. The Morgan fingerprint density at radius 3 is 2.89 bits per heavy atom. The topological polar surface area (TPSA) is 80.3 Å². The molecule has 18 heavy (non-hydrogen) atoms. The summed E-state index contributed by atoms with van der Waals surface area (Å²) in [5.74, 6) is 0.340. The lowest BCUT2D eigenvalue weighted by Crippen LogP contribution is -2.46. The van der Waals surface area contributed by atoms with Gasteiger partial charge in [-0.2, -0.15) is 0 Å². The molecule has 1 aliphatic heterocycles. The van der Waals surface area contributed by atoms with E-state index in [9.17, 15) is 8.42 Å². The van der Waals surface area contributed by atoms with Crippen LogP contribution in [0.3, 0.4) is 0 Å². The Balaban J connectivity index is 2.30. The maximum Gasteiger partial charge on any atom is 0.244 e. The number of aromatic nitrogens is 1. The third-order valence-electron chi connectivity index (χ3n) is 2.90. The number of hydrogen-bond donors (Lipinski definition) is 2. The number of nitrogens with zero attached hydrogens (tertiary/aromatic N) is 1. The summed E-state index contributed by atoms with van der Waals surface area (Å²) in [5, 5.41) is 2.78. The average Bonchev–Trinajstić information content (AvgIpc) is 2.74. The van der Waals surface area contributed by atoms with E-state index < -0.39 is 15.6 Å². The Hall–Kier alpha value is -1.18. The predicted octanol–water partition coefficient (Wildman–Crippen LogP) is 0.581. The molecule has 0 aromatic carbocycles. The van der Waals surface area contributed by atoms with E-state index in [1.165, 1.54) is 6.07 Å². The molecule has 2 rings (SSSR count). The van der Waals surface area contributed by atoms with Crippen molar-refractivity contribution in [1.82, 2.24) is 9.71 Å². The van der Waals surface area contributed by atoms with Crippen molar-refractivity contribution < 1.29 is 13.2 Å². The fraction of sp³-hybridized carbons (Fsp3) is 0.545. The summed E-state index contributed by atoms with van der Waals surface area (Å²) < 4.78 is 32.6. The van der Waals surface area contributed by atoms with Gasteiger partial charge in [0, 0.05) is 19.9 Å². The van der Waals surface area contributed by atoms with Gasteiger partial charge in [-0.3, -0.25) is 0 Å². The van der Waals surface area contributed by atoms with Crippen molar-refractivity contribution in [3.05, 3.63) is 18.3 Å². The molecule has 2 N–H and O–H groups in total. The van der Waals surface area contributed by atoms with Gasteiger partial charge in [0.2, 0.25) is 10.0 Å². The fourth-order valence-electron chi connectivity index (χ4n) is 1.92. The Kier molecular flexibility index (Phi) is 3.56. The van der Waals surface area contributed by atoms with Gasteiger partial charge in [-0.25, -0.2) is 18.1 Å². The zero-order chi connectivity index (χ0) is 13.2. The van der Waals surface area contributed by atoms with Crippen LogP contribution in [0.4, 0.5) is 5.82 Å². The molecule has 1 unspecified atom stereocenters. The molecule has 1 fully saturated rings. The van der Waals surface area contributed by atoms with Crippen LogP contribution in [0.15, 0.2) is 23.2 Å². The second kappa shape index (κ2) is 4.83. The van der Waals surface area contributed by atoms with Crippen LogP contribution in [-0.4, -0.2) is 39.2 Å². The van der Waals surface area contributed by atoms with Gasteiger partial charge in [-0.05, 0) is 25.5 Å². The summed E-state index contributed by atoms with van der Waals surface area (Å²) in [4.78, 5) is 4.15. The molecule has 1 atom stereocenters. The van der Waals surface area contributed by atoms with Gasteiger partial charge in [-0.1, -0.05) is 0 Å². The van der Waals surface area contributed by atoms with Crippen LogP contribution in [0.5, 0.6) is 0 Å². The summed E-state index contributed by atoms with van der Waals surface area (Å²) in [5.41, 5.74) is -0.542. The van der Waals surface area contributed by atoms with Crippen molar-refractivity contribution in [1.29, 1.82) is 0 Å². The maximum atomic E-state index is 12.3. The first-order chi connectivity index (χ1) is 8.47. The van der Waals surface area contributed by atoms with E-state index in [-0.39, 0.29) is 4.90 Å². The van der Waals surface area contributed by atoms with Crippen molar-refractivity contribution >= 4 is 15.8 Å². The number of sulfonamides is 1. The lowest BCUT2D eigenvalue weighted by atomic mass is 10.0. The smallest absolute Gasteiger partial charge is 0.244 e. The predicted molar refractivity (Wildman–Crippen MR) is 67.9 cm³/mol. The summed E-state index contributed by atoms with van der Waals surface area (Å²) in [6.07, 6.45) is 2.21. The first-order valence-corrected chi connectivity index (χ1v) is 7.20. The first-order valence-electron chi connectivity index (χ1n) is 5.71. The minimum Gasteiger partial charge on any atom is -0.379 e. The molecule has 1 aromatic rings. The highest BCUT2D eigenvalue weighted by atomic mass is 32.2. The molecule has 100 valence electrons. The van der Waals surface area contributed by atoms with Crippen LogP contribution < -0.4 is 10.0 Å². The van der Waals surface area contributed by atoms with Gasteiger partial charge in [0.1, 0.15) is 10.7 Å². The molecule has 0 bridgehead atoms. The highest BCUT2D eigenvalue weighted by molar-refractivity contribution is 7.89. The van der Waals surface area contributed by atoms with Crippen LogP contribution in [0, 0.1) is 0 Å². The van der Waals surface area contributed by atoms with Gasteiger partial charge >= 0.3 is 0 Å². The molecule has 0 amide bonds. The van der Waals surface area contributed by atoms with Crippen LogP contribution in [-0.2, 0) is 14.8 Å². The highest BCUT2D eigenvalue weighted by Crippen LogP contribution is 2.23. The van der Waals surface area contributed by atoms with Crippen LogP contribution in [0.25, 0.3) is 0 Å². The quantitative estimate of drug-likeness (QED) is 0.837. The fourth-order valence-corrected chi connectivity index (χ4v) is 3.51. The number of anilines is 1. The molecule has 0 saturated carbocycles. The molecule has 7 heteroatoms. The SMILES string of the molecule is CNc1ncccc1S(=O)(=O)NC1(C)CCOC1. The Labute approximate surface area is 107 Å². The summed E-state index contributed by atoms with van der Waals surface area (Å²) in [6.45, 7) is 2.80. The molecular formula is C11H17N3O3S. The number of rotatable bonds is 4. The molecule has 1 saturated heterocycles. The molecule has 1 aromatic heterocycles. The zero-order valence-electron chi connectivity index (χ0n) is 10.4. The first kappa shape index (κ1) is 13.3. The van der Waals surface area contributed by atoms with Crippen molar-refractivity contribution in [3.63, 3.8) is 0 Å². The molecule has 0 spiro atoms. The van der Waals surface area contributed by atoms with Gasteiger partial charge in [-0.15, -0.1) is 0 Å². The van der Waals surface area contributed by atoms with E-state index in [0.717, 1.165) is 0 Å². The lowest BCUT2D eigenvalue weighted by Gasteiger charge is -2.23. The van der Waals surface area contributed by atoms with Crippen LogP contribution in [0.2, 0.25) is 0 Å². The molecule has 0 aliphatic carbocycles. The molecule has 2 heterocycles. The monoisotopic (exact) mass is 271 g/mol. The Bertz CT molecular complexity index is 524. The normalized spacial score (nSPS) is 24.1. The van der Waals surface area contributed by atoms with E-state index >= 15 is 0 Å². The van der Waals surface area contributed by atoms with E-state index in [0.29, 0.717) is 25.5 Å². The largest absolute Gasteiger partial charge is 0.379 e. The maximum absolute atomic E-state index is 12.3. The number of pyridine rings is 1. The van der Waals surface area contributed by atoms with Gasteiger partial charge < -0.3 is 10.1 Å². The summed E-state index contributed by atoms with van der Waals surface area (Å²) in [7, 11) is -1.96. The van der Waals surface area contributed by atoms with Crippen molar-refractivity contribution in [2.75, 3.05) is 25.6 Å². The van der Waals surface area contributed by atoms with E-state index in [2.05, 4.69) is 15.0 Å². The van der Waals surface area contributed by atoms with Gasteiger partial charge in [0.05, 0.1) is 12.1 Å². The van der Waals surface area contributed by atoms with Crippen molar-refractivity contribution in [2.24, 2.45) is 0 Å². The molecule has 6 nitrogen and oxygen atoms in total. The van der Waals surface area contributed by atoms with Crippen LogP contribution >= 0.6 is 0 Å². The summed E-state index contributed by atoms with van der Waals surface area (Å²) in [6, 6.07) is 3.13. The second-order valence-electron chi connectivity index (χ2n) is 4.57. The van der Waals surface area contributed by atoms with E-state index in [1.54, 1.807) is 19.3 Å². The standard InChI is InChI=1S/C11H17N3O3S/c1-11(5-7-17-8-11)14-18(15,16)9-4-3-6-13-10(9)12-2/h3-4,6,14H,5,7-8H2,1-2H3,(H,12,13). The van der Waals surface area contributed by atoms with Crippen LogP contribution in [0.1, 0.15) is 13.3 Å². The molecule has 0 radical (unpaired) electrons. The Morgan fingerprint density at radius 1 is 1.50 bits per heavy atom. The molecule has 1 aliphatic rings. The number of nitrogens with one attached hydrogen (secondary N) is 2. The minimum atomic E-state index is -3.60. The minimum absolute atomic E-state index is 0.153. The van der Waals surface area contributed by atoms with Crippen molar-refractivity contribution in [2.45, 2.75) is 23.8 Å². The number of ether oxygens (including phenoxy) is 1. The summed E-state index contributed by atoms with van der Waals surface area (Å²) >= 11 is 0. The highest BCUT2D eigenvalue weighted by Gasteiger charge is 2.35. The zero-order valence-corrected chi connectivity index (χ0v) is 11.3. The second-order valence-corrected chi connectivity index (χ2v) is 6.22. The van der Waals surface area contributed by atoms with E-state index in [4.69, 9.17) is 4.74 Å². The lowest BCUT2D eigenvalue weighted by molar-refractivity contribution is 0.178. The third-order valence-corrected chi connectivity index (χ3v) is 4.57. The van der Waals surface area contributed by atoms with E-state index in [1.807, 2.05) is 6.92 Å². The third kappa shape index (κ3) is 2.63. The van der Waals surface area contributed by atoms with Crippen molar-refractivity contribution in [3.8, 4) is 0 Å². The number of hydrogen-bond acceptors (Lipinski definition) is 5. The average molecular weight is 271 g/mol.